The topological polar surface area (TPSA) is 69.6 Å². The molecule has 1 saturated heterocycles. The predicted octanol–water partition coefficient (Wildman–Crippen LogP) is 0.704. The highest BCUT2D eigenvalue weighted by Gasteiger charge is 2.27. The Morgan fingerprint density at radius 2 is 1.89 bits per heavy atom. The van der Waals surface area contributed by atoms with Crippen molar-refractivity contribution >= 4 is 11.8 Å². The zero-order chi connectivity index (χ0) is 13.3. The van der Waals surface area contributed by atoms with Crippen molar-refractivity contribution in [3.05, 3.63) is 18.1 Å². The maximum Gasteiger partial charge on any atom is 0.356 e. The van der Waals surface area contributed by atoms with Crippen LogP contribution in [0.4, 0.5) is 5.82 Å². The number of likely N-dealkylation sites (N-methyl/N-ethyl adjacent to an activating group) is 1. The maximum absolute atomic E-state index is 10.7. The molecule has 0 aliphatic carbocycles. The van der Waals surface area contributed by atoms with Crippen molar-refractivity contribution in [3.63, 3.8) is 0 Å². The number of anilines is 1. The van der Waals surface area contributed by atoms with Crippen LogP contribution in [0.25, 0.3) is 0 Å². The van der Waals surface area contributed by atoms with E-state index in [9.17, 15) is 4.79 Å². The molecule has 0 spiro atoms. The number of rotatable bonds is 2. The molecule has 1 aliphatic heterocycles. The minimum Gasteiger partial charge on any atom is -0.476 e. The summed E-state index contributed by atoms with van der Waals surface area (Å²) in [6.45, 7) is 6.09. The van der Waals surface area contributed by atoms with Crippen LogP contribution in [0.5, 0.6) is 0 Å². The maximum atomic E-state index is 10.7. The summed E-state index contributed by atoms with van der Waals surface area (Å²) in [7, 11) is 2.12. The SMILES string of the molecule is CC1CN(c2cnc(C(=O)O)cn2)CC(C)N1C. The summed E-state index contributed by atoms with van der Waals surface area (Å²) in [5.41, 5.74) is -0.0195. The van der Waals surface area contributed by atoms with E-state index in [0.717, 1.165) is 18.9 Å². The molecule has 1 aliphatic rings. The van der Waals surface area contributed by atoms with Gasteiger partial charge in [-0.3, -0.25) is 4.90 Å². The highest BCUT2D eigenvalue weighted by atomic mass is 16.4. The van der Waals surface area contributed by atoms with Crippen LogP contribution < -0.4 is 4.90 Å². The molecule has 1 N–H and O–H groups in total. The van der Waals surface area contributed by atoms with Gasteiger partial charge in [0.25, 0.3) is 0 Å². The number of carboxylic acids is 1. The standard InChI is InChI=1S/C12H18N4O2/c1-8-6-16(7-9(2)15(8)3)11-5-13-10(4-14-11)12(17)18/h4-5,8-9H,6-7H2,1-3H3,(H,17,18). The van der Waals surface area contributed by atoms with Gasteiger partial charge in [0.15, 0.2) is 5.69 Å². The van der Waals surface area contributed by atoms with Gasteiger partial charge in [-0.05, 0) is 20.9 Å². The van der Waals surface area contributed by atoms with Crippen molar-refractivity contribution in [1.29, 1.82) is 0 Å². The molecule has 1 fully saturated rings. The molecule has 0 amide bonds. The lowest BCUT2D eigenvalue weighted by Crippen LogP contribution is -2.55. The van der Waals surface area contributed by atoms with Crippen LogP contribution in [-0.4, -0.2) is 58.2 Å². The van der Waals surface area contributed by atoms with E-state index in [2.05, 4.69) is 40.7 Å². The highest BCUT2D eigenvalue weighted by molar-refractivity contribution is 5.84. The highest BCUT2D eigenvalue weighted by Crippen LogP contribution is 2.18. The summed E-state index contributed by atoms with van der Waals surface area (Å²) in [5, 5.41) is 8.78. The number of piperazine rings is 1. The number of aromatic carboxylic acids is 1. The number of nitrogens with zero attached hydrogens (tertiary/aromatic N) is 4. The third-order valence-electron chi connectivity index (χ3n) is 3.54. The normalized spacial score (nSPS) is 25.2. The molecule has 0 saturated carbocycles. The van der Waals surface area contributed by atoms with Gasteiger partial charge >= 0.3 is 5.97 Å². The molecule has 0 aromatic carbocycles. The minimum absolute atomic E-state index is 0.0195. The first-order chi connectivity index (χ1) is 8.49. The van der Waals surface area contributed by atoms with E-state index >= 15 is 0 Å². The van der Waals surface area contributed by atoms with Gasteiger partial charge in [0, 0.05) is 25.2 Å². The smallest absolute Gasteiger partial charge is 0.356 e. The average Bonchev–Trinajstić information content (AvgIpc) is 2.35. The van der Waals surface area contributed by atoms with Gasteiger partial charge in [-0.1, -0.05) is 0 Å². The van der Waals surface area contributed by atoms with E-state index in [-0.39, 0.29) is 5.69 Å². The zero-order valence-electron chi connectivity index (χ0n) is 10.9. The lowest BCUT2D eigenvalue weighted by Gasteiger charge is -2.42. The average molecular weight is 250 g/mol. The second kappa shape index (κ2) is 4.89. The van der Waals surface area contributed by atoms with Gasteiger partial charge in [-0.15, -0.1) is 0 Å². The van der Waals surface area contributed by atoms with Crippen LogP contribution in [0, 0.1) is 0 Å². The van der Waals surface area contributed by atoms with Crippen LogP contribution in [0.3, 0.4) is 0 Å². The van der Waals surface area contributed by atoms with Crippen molar-refractivity contribution in [2.75, 3.05) is 25.0 Å². The fourth-order valence-electron chi connectivity index (χ4n) is 2.19. The number of carbonyl (C=O) groups is 1. The molecule has 18 heavy (non-hydrogen) atoms. The Balaban J connectivity index is 2.14. The van der Waals surface area contributed by atoms with Gasteiger partial charge in [-0.2, -0.15) is 0 Å². The third-order valence-corrected chi connectivity index (χ3v) is 3.54. The molecule has 6 heteroatoms. The van der Waals surface area contributed by atoms with Crippen LogP contribution in [0.15, 0.2) is 12.4 Å². The van der Waals surface area contributed by atoms with E-state index in [4.69, 9.17) is 5.11 Å². The van der Waals surface area contributed by atoms with E-state index in [0.29, 0.717) is 12.1 Å². The van der Waals surface area contributed by atoms with Gasteiger partial charge in [0.05, 0.1) is 12.4 Å². The van der Waals surface area contributed by atoms with Crippen LogP contribution in [-0.2, 0) is 0 Å². The van der Waals surface area contributed by atoms with Gasteiger partial charge < -0.3 is 10.0 Å². The van der Waals surface area contributed by atoms with Crippen LogP contribution in [0.2, 0.25) is 0 Å². The second-order valence-corrected chi connectivity index (χ2v) is 4.83. The predicted molar refractivity (Wildman–Crippen MR) is 67.9 cm³/mol. The van der Waals surface area contributed by atoms with Crippen molar-refractivity contribution in [2.45, 2.75) is 25.9 Å². The first kappa shape index (κ1) is 12.8. The van der Waals surface area contributed by atoms with Crippen LogP contribution >= 0.6 is 0 Å². The molecular formula is C12H18N4O2. The van der Waals surface area contributed by atoms with E-state index in [1.165, 1.54) is 12.4 Å². The van der Waals surface area contributed by atoms with E-state index < -0.39 is 5.97 Å². The quantitative estimate of drug-likeness (QED) is 0.833. The fraction of sp³-hybridized carbons (Fsp3) is 0.583. The number of aromatic nitrogens is 2. The largest absolute Gasteiger partial charge is 0.476 e. The lowest BCUT2D eigenvalue weighted by atomic mass is 10.1. The Labute approximate surface area is 106 Å². The molecule has 2 unspecified atom stereocenters. The summed E-state index contributed by atoms with van der Waals surface area (Å²) in [5.74, 6) is -0.305. The van der Waals surface area contributed by atoms with Crippen LogP contribution in [0.1, 0.15) is 24.3 Å². The first-order valence-corrected chi connectivity index (χ1v) is 6.01. The summed E-state index contributed by atoms with van der Waals surface area (Å²) in [6, 6.07) is 0.879. The van der Waals surface area contributed by atoms with Crippen molar-refractivity contribution in [2.24, 2.45) is 0 Å². The molecular weight excluding hydrogens is 232 g/mol. The van der Waals surface area contributed by atoms with Crippen molar-refractivity contribution in [1.82, 2.24) is 14.9 Å². The lowest BCUT2D eigenvalue weighted by molar-refractivity contribution is 0.0690. The number of carboxylic acid groups (broad SMARTS) is 1. The van der Waals surface area contributed by atoms with Crippen molar-refractivity contribution < 1.29 is 9.90 Å². The van der Waals surface area contributed by atoms with Gasteiger partial charge in [0.1, 0.15) is 5.82 Å². The fourth-order valence-corrected chi connectivity index (χ4v) is 2.19. The molecule has 6 nitrogen and oxygen atoms in total. The van der Waals surface area contributed by atoms with Gasteiger partial charge in [-0.25, -0.2) is 14.8 Å². The molecule has 2 heterocycles. The molecule has 1 aromatic heterocycles. The Morgan fingerprint density at radius 1 is 1.28 bits per heavy atom. The second-order valence-electron chi connectivity index (χ2n) is 4.83. The first-order valence-electron chi connectivity index (χ1n) is 6.01. The summed E-state index contributed by atoms with van der Waals surface area (Å²) in [6.07, 6.45) is 2.85. The van der Waals surface area contributed by atoms with E-state index in [1.807, 2.05) is 0 Å². The molecule has 0 radical (unpaired) electrons. The molecule has 1 aromatic rings. The minimum atomic E-state index is -1.05. The monoisotopic (exact) mass is 250 g/mol. The van der Waals surface area contributed by atoms with Gasteiger partial charge in [0.2, 0.25) is 0 Å². The van der Waals surface area contributed by atoms with Crippen molar-refractivity contribution in [3.8, 4) is 0 Å². The Morgan fingerprint density at radius 3 is 2.33 bits per heavy atom. The third kappa shape index (κ3) is 2.43. The Hall–Kier alpha value is -1.69. The molecule has 2 atom stereocenters. The molecule has 0 bridgehead atoms. The molecule has 2 rings (SSSR count). The number of hydrogen-bond acceptors (Lipinski definition) is 5. The molecule has 98 valence electrons. The number of hydrogen-bond donors (Lipinski definition) is 1. The summed E-state index contributed by atoms with van der Waals surface area (Å²) in [4.78, 5) is 23.3. The Kier molecular flexibility index (Phi) is 3.47. The summed E-state index contributed by atoms with van der Waals surface area (Å²) >= 11 is 0. The zero-order valence-corrected chi connectivity index (χ0v) is 10.9. The summed E-state index contributed by atoms with van der Waals surface area (Å²) < 4.78 is 0. The Bertz CT molecular complexity index is 422. The van der Waals surface area contributed by atoms with E-state index in [1.54, 1.807) is 0 Å².